The summed E-state index contributed by atoms with van der Waals surface area (Å²) in [4.78, 5) is 13.8. The highest BCUT2D eigenvalue weighted by Gasteiger charge is 2.38. The monoisotopic (exact) mass is 858 g/mol. The summed E-state index contributed by atoms with van der Waals surface area (Å²) in [6.07, 6.45) is -18.8. The number of ether oxygens (including phenoxy) is 3. The zero-order valence-corrected chi connectivity index (χ0v) is 31.5. The number of hydrogen-bond donors (Lipinski definition) is 1. The Bertz CT molecular complexity index is 2030. The van der Waals surface area contributed by atoms with Gasteiger partial charge in [0.25, 0.3) is 0 Å². The Kier molecular flexibility index (Phi) is 13.5. The van der Waals surface area contributed by atoms with Gasteiger partial charge in [-0.15, -0.1) is 12.4 Å². The number of alkyl halides is 12. The van der Waals surface area contributed by atoms with Crippen LogP contribution in [0, 0.1) is 0 Å². The average Bonchev–Trinajstić information content (AvgIpc) is 3.74. The lowest BCUT2D eigenvalue weighted by molar-refractivity contribution is -0.144. The van der Waals surface area contributed by atoms with E-state index in [0.717, 1.165) is 29.8 Å². The predicted molar refractivity (Wildman–Crippen MR) is 191 cm³/mol. The van der Waals surface area contributed by atoms with Gasteiger partial charge < -0.3 is 19.5 Å². The summed E-state index contributed by atoms with van der Waals surface area (Å²) in [5, 5.41) is 3.14. The number of nitrogens with one attached hydrogen (secondary N) is 1. The van der Waals surface area contributed by atoms with Crippen LogP contribution in [0.15, 0.2) is 72.8 Å². The molecule has 0 unspecified atom stereocenters. The Hall–Kier alpha value is -5.00. The summed E-state index contributed by atoms with van der Waals surface area (Å²) < 4.78 is 171. The molecule has 1 amide bonds. The van der Waals surface area contributed by atoms with Crippen molar-refractivity contribution in [3.8, 4) is 11.5 Å². The molecule has 316 valence electrons. The molecule has 0 saturated heterocycles. The SMILES string of the molecule is CC(C)(C)OC(=O)N1CCc2cc(OCc3cc(C(F)(F)F)cc(C(F)(F)F)c3)ccc21.Cl.FC(F)(F)c1cc(COc2ccc3c(c2)CCN3)cc(C(F)(F)F)c1. The molecule has 6 nitrogen and oxygen atoms in total. The van der Waals surface area contributed by atoms with Crippen molar-refractivity contribution < 1.29 is 71.7 Å². The number of fused-ring (bicyclic) bond motifs is 2. The number of carbonyl (C=O) groups is 1. The van der Waals surface area contributed by atoms with E-state index in [4.69, 9.17) is 14.2 Å². The summed E-state index contributed by atoms with van der Waals surface area (Å²) >= 11 is 0. The first-order valence-electron chi connectivity index (χ1n) is 17.1. The van der Waals surface area contributed by atoms with Crippen molar-refractivity contribution in [1.29, 1.82) is 0 Å². The summed E-state index contributed by atoms with van der Waals surface area (Å²) in [5.74, 6) is 0.661. The van der Waals surface area contributed by atoms with Gasteiger partial charge in [-0.2, -0.15) is 52.7 Å². The molecule has 1 N–H and O–H groups in total. The number of nitrogens with zero attached hydrogens (tertiary/aromatic N) is 1. The van der Waals surface area contributed by atoms with E-state index in [1.807, 2.05) is 0 Å². The van der Waals surface area contributed by atoms with E-state index in [-0.39, 0.29) is 48.0 Å². The van der Waals surface area contributed by atoms with E-state index in [9.17, 15) is 57.5 Å². The maximum Gasteiger partial charge on any atom is 0.416 e. The lowest BCUT2D eigenvalue weighted by Crippen LogP contribution is -2.35. The third kappa shape index (κ3) is 12.0. The number of amides is 1. The second-order valence-corrected chi connectivity index (χ2v) is 14.1. The van der Waals surface area contributed by atoms with Crippen LogP contribution in [-0.2, 0) is 55.5 Å². The summed E-state index contributed by atoms with van der Waals surface area (Å²) in [6.45, 7) is 5.53. The van der Waals surface area contributed by atoms with Gasteiger partial charge >= 0.3 is 30.8 Å². The molecular formula is C39H35ClF12N2O4. The molecule has 0 aromatic heterocycles. The molecule has 0 spiro atoms. The molecule has 0 fully saturated rings. The molecule has 2 heterocycles. The number of rotatable bonds is 6. The average molecular weight is 859 g/mol. The van der Waals surface area contributed by atoms with Crippen LogP contribution in [0.3, 0.4) is 0 Å². The first-order valence-corrected chi connectivity index (χ1v) is 17.1. The standard InChI is InChI=1S/C22H21F6NO3.C17H13F6NO.ClH/c1-20(2,3)32-19(30)29-7-6-14-10-17(4-5-18(14)29)31-12-13-8-15(21(23,24)25)11-16(9-13)22(26,27)28;18-16(19,20)12-5-10(6-13(8-12)17(21,22)23)9-25-14-1-2-15-11(7-14)3-4-24-15;/h4-5,8-11H,6-7,12H2,1-3H3;1-2,5-8,24H,3-4,9H2;1H. The lowest BCUT2D eigenvalue weighted by Gasteiger charge is -2.24. The first-order chi connectivity index (χ1) is 26.3. The Morgan fingerprint density at radius 1 is 0.603 bits per heavy atom. The van der Waals surface area contributed by atoms with Crippen LogP contribution in [0.2, 0.25) is 0 Å². The minimum Gasteiger partial charge on any atom is -0.489 e. The van der Waals surface area contributed by atoms with Crippen LogP contribution < -0.4 is 19.7 Å². The van der Waals surface area contributed by atoms with E-state index in [2.05, 4.69) is 5.32 Å². The van der Waals surface area contributed by atoms with Crippen LogP contribution in [-0.4, -0.2) is 24.8 Å². The maximum absolute atomic E-state index is 13.0. The van der Waals surface area contributed by atoms with Crippen molar-refractivity contribution in [2.75, 3.05) is 23.3 Å². The van der Waals surface area contributed by atoms with E-state index < -0.39 is 65.3 Å². The molecule has 0 atom stereocenters. The normalized spacial score (nSPS) is 14.0. The van der Waals surface area contributed by atoms with Gasteiger partial charge in [-0.25, -0.2) is 4.79 Å². The minimum absolute atomic E-state index is 0. The van der Waals surface area contributed by atoms with Gasteiger partial charge in [0.1, 0.15) is 30.3 Å². The highest BCUT2D eigenvalue weighted by atomic mass is 35.5. The molecule has 0 aliphatic carbocycles. The van der Waals surface area contributed by atoms with Crippen molar-refractivity contribution in [3.63, 3.8) is 0 Å². The Labute approximate surface area is 330 Å². The molecule has 0 radical (unpaired) electrons. The maximum atomic E-state index is 13.0. The van der Waals surface area contributed by atoms with Crippen molar-refractivity contribution in [2.45, 2.75) is 77.1 Å². The highest BCUT2D eigenvalue weighted by molar-refractivity contribution is 5.90. The number of hydrogen-bond acceptors (Lipinski definition) is 5. The van der Waals surface area contributed by atoms with Crippen molar-refractivity contribution in [3.05, 3.63) is 117 Å². The molecule has 4 aromatic carbocycles. The molecule has 0 saturated carbocycles. The van der Waals surface area contributed by atoms with Crippen LogP contribution in [0.4, 0.5) is 68.9 Å². The predicted octanol–water partition coefficient (Wildman–Crippen LogP) is 12.3. The van der Waals surface area contributed by atoms with E-state index >= 15 is 0 Å². The third-order valence-electron chi connectivity index (χ3n) is 8.45. The zero-order chi connectivity index (χ0) is 42.1. The van der Waals surface area contributed by atoms with Gasteiger partial charge in [0, 0.05) is 18.8 Å². The molecule has 2 aliphatic rings. The van der Waals surface area contributed by atoms with E-state index in [0.29, 0.717) is 48.7 Å². The molecule has 0 bridgehead atoms. The van der Waals surface area contributed by atoms with E-state index in [1.165, 1.54) is 11.0 Å². The molecule has 2 aliphatic heterocycles. The molecule has 58 heavy (non-hydrogen) atoms. The van der Waals surface area contributed by atoms with Crippen molar-refractivity contribution >= 4 is 29.9 Å². The van der Waals surface area contributed by atoms with Crippen LogP contribution >= 0.6 is 12.4 Å². The third-order valence-corrected chi connectivity index (χ3v) is 8.45. The largest absolute Gasteiger partial charge is 0.489 e. The Morgan fingerprint density at radius 3 is 1.47 bits per heavy atom. The van der Waals surface area contributed by atoms with Crippen LogP contribution in [0.5, 0.6) is 11.5 Å². The van der Waals surface area contributed by atoms with Gasteiger partial charge in [0.2, 0.25) is 0 Å². The number of benzene rings is 4. The van der Waals surface area contributed by atoms with Gasteiger partial charge in [0.15, 0.2) is 0 Å². The fourth-order valence-electron chi connectivity index (χ4n) is 5.88. The summed E-state index contributed by atoms with van der Waals surface area (Å²) in [7, 11) is 0. The fraction of sp³-hybridized carbons (Fsp3) is 0.359. The highest BCUT2D eigenvalue weighted by Crippen LogP contribution is 2.39. The van der Waals surface area contributed by atoms with Crippen LogP contribution in [0.25, 0.3) is 0 Å². The Morgan fingerprint density at radius 2 is 1.03 bits per heavy atom. The molecule has 4 aromatic rings. The Balaban J connectivity index is 0.000000259. The number of halogens is 13. The smallest absolute Gasteiger partial charge is 0.416 e. The lowest BCUT2D eigenvalue weighted by atomic mass is 10.1. The minimum atomic E-state index is -4.92. The molecule has 6 rings (SSSR count). The molecule has 19 heteroatoms. The summed E-state index contributed by atoms with van der Waals surface area (Å²) in [5.41, 5.74) is -3.28. The topological polar surface area (TPSA) is 60.0 Å². The second kappa shape index (κ2) is 17.1. The number of anilines is 2. The van der Waals surface area contributed by atoms with Gasteiger partial charge in [-0.3, -0.25) is 4.90 Å². The fourth-order valence-corrected chi connectivity index (χ4v) is 5.88. The second-order valence-electron chi connectivity index (χ2n) is 14.1. The number of carbonyl (C=O) groups excluding carboxylic acids is 1. The quantitative estimate of drug-likeness (QED) is 0.196. The van der Waals surface area contributed by atoms with E-state index in [1.54, 1.807) is 51.1 Å². The van der Waals surface area contributed by atoms with Gasteiger partial charge in [-0.1, -0.05) is 0 Å². The van der Waals surface area contributed by atoms with Crippen molar-refractivity contribution in [2.24, 2.45) is 0 Å². The molecular weight excluding hydrogens is 824 g/mol. The van der Waals surface area contributed by atoms with Gasteiger partial charge in [0.05, 0.1) is 27.9 Å². The summed E-state index contributed by atoms with van der Waals surface area (Å²) in [6, 6.07) is 12.6. The van der Waals surface area contributed by atoms with Gasteiger partial charge in [-0.05, 0) is 129 Å². The van der Waals surface area contributed by atoms with Crippen LogP contribution in [0.1, 0.15) is 65.3 Å². The first kappa shape index (κ1) is 45.7. The van der Waals surface area contributed by atoms with Crippen molar-refractivity contribution in [1.82, 2.24) is 0 Å². The zero-order valence-electron chi connectivity index (χ0n) is 30.7.